The molecule has 0 amide bonds. The van der Waals surface area contributed by atoms with Crippen molar-refractivity contribution in [3.05, 3.63) is 28.7 Å². The summed E-state index contributed by atoms with van der Waals surface area (Å²) in [5, 5.41) is 3.06. The maximum atomic E-state index is 11.9. The van der Waals surface area contributed by atoms with Crippen molar-refractivity contribution in [1.82, 2.24) is 10.0 Å². The second-order valence-electron chi connectivity index (χ2n) is 3.59. The van der Waals surface area contributed by atoms with Gasteiger partial charge in [-0.25, -0.2) is 13.1 Å². The summed E-state index contributed by atoms with van der Waals surface area (Å²) < 4.78 is 31.9. The molecule has 0 aliphatic rings. The van der Waals surface area contributed by atoms with Crippen molar-refractivity contribution < 1.29 is 13.2 Å². The van der Waals surface area contributed by atoms with Crippen molar-refractivity contribution in [2.75, 3.05) is 33.4 Å². The first kappa shape index (κ1) is 18.8. The van der Waals surface area contributed by atoms with Gasteiger partial charge in [-0.2, -0.15) is 0 Å². The topological polar surface area (TPSA) is 67.4 Å². The molecule has 5 nitrogen and oxygen atoms in total. The van der Waals surface area contributed by atoms with Gasteiger partial charge < -0.3 is 10.1 Å². The van der Waals surface area contributed by atoms with E-state index in [0.717, 1.165) is 4.47 Å². The highest BCUT2D eigenvalue weighted by molar-refractivity contribution is 9.10. The predicted molar refractivity (Wildman–Crippen MR) is 81.3 cm³/mol. The molecule has 0 saturated carbocycles. The van der Waals surface area contributed by atoms with E-state index in [4.69, 9.17) is 4.74 Å². The van der Waals surface area contributed by atoms with Gasteiger partial charge in [-0.05, 0) is 24.3 Å². The largest absolute Gasteiger partial charge is 0.383 e. The van der Waals surface area contributed by atoms with Crippen LogP contribution in [0.4, 0.5) is 0 Å². The lowest BCUT2D eigenvalue weighted by molar-refractivity contribution is 0.199. The molecule has 0 spiro atoms. The van der Waals surface area contributed by atoms with Crippen LogP contribution < -0.4 is 10.0 Å². The average molecular weight is 374 g/mol. The van der Waals surface area contributed by atoms with Crippen LogP contribution in [0.5, 0.6) is 0 Å². The van der Waals surface area contributed by atoms with Crippen LogP contribution in [0.1, 0.15) is 0 Å². The molecular weight excluding hydrogens is 356 g/mol. The third-order valence-electron chi connectivity index (χ3n) is 2.20. The monoisotopic (exact) mass is 372 g/mol. The normalized spacial score (nSPS) is 11.1. The SMILES string of the molecule is COCCNCCNS(=O)(=O)c1ccc(Br)cc1.Cl. The molecule has 0 aliphatic carbocycles. The molecule has 0 aromatic heterocycles. The van der Waals surface area contributed by atoms with Gasteiger partial charge in [0.05, 0.1) is 11.5 Å². The van der Waals surface area contributed by atoms with Crippen LogP contribution in [0.3, 0.4) is 0 Å². The number of halogens is 2. The van der Waals surface area contributed by atoms with E-state index in [1.807, 2.05) is 0 Å². The summed E-state index contributed by atoms with van der Waals surface area (Å²) in [6, 6.07) is 6.52. The van der Waals surface area contributed by atoms with Crippen LogP contribution >= 0.6 is 28.3 Å². The molecule has 110 valence electrons. The average Bonchev–Trinajstić information content (AvgIpc) is 2.34. The van der Waals surface area contributed by atoms with Gasteiger partial charge in [0.25, 0.3) is 0 Å². The summed E-state index contributed by atoms with van der Waals surface area (Å²) in [7, 11) is -1.79. The van der Waals surface area contributed by atoms with Crippen molar-refractivity contribution in [2.24, 2.45) is 0 Å². The summed E-state index contributed by atoms with van der Waals surface area (Å²) in [4.78, 5) is 0.266. The molecule has 0 heterocycles. The number of sulfonamides is 1. The number of benzene rings is 1. The van der Waals surface area contributed by atoms with Gasteiger partial charge in [0.2, 0.25) is 10.0 Å². The Kier molecular flexibility index (Phi) is 9.59. The number of hydrogen-bond acceptors (Lipinski definition) is 4. The maximum Gasteiger partial charge on any atom is 0.240 e. The fourth-order valence-electron chi connectivity index (χ4n) is 1.27. The number of methoxy groups -OCH3 is 1. The van der Waals surface area contributed by atoms with Gasteiger partial charge in [-0.3, -0.25) is 0 Å². The molecule has 1 aromatic rings. The maximum absolute atomic E-state index is 11.9. The minimum absolute atomic E-state index is 0. The Morgan fingerprint density at radius 3 is 2.37 bits per heavy atom. The quantitative estimate of drug-likeness (QED) is 0.676. The minimum atomic E-state index is -3.41. The highest BCUT2D eigenvalue weighted by Gasteiger charge is 2.12. The van der Waals surface area contributed by atoms with Crippen LogP contribution in [0.2, 0.25) is 0 Å². The van der Waals surface area contributed by atoms with Crippen LogP contribution in [0.15, 0.2) is 33.6 Å². The first-order chi connectivity index (χ1) is 8.56. The highest BCUT2D eigenvalue weighted by atomic mass is 79.9. The summed E-state index contributed by atoms with van der Waals surface area (Å²) in [5.41, 5.74) is 0. The zero-order valence-corrected chi connectivity index (χ0v) is 13.8. The van der Waals surface area contributed by atoms with Crippen molar-refractivity contribution in [3.63, 3.8) is 0 Å². The molecular formula is C11H18BrClN2O3S. The van der Waals surface area contributed by atoms with Gasteiger partial charge >= 0.3 is 0 Å². The molecule has 1 rings (SSSR count). The Balaban J connectivity index is 0.00000324. The Morgan fingerprint density at radius 1 is 1.16 bits per heavy atom. The number of rotatable bonds is 8. The van der Waals surface area contributed by atoms with Gasteiger partial charge in [0.1, 0.15) is 0 Å². The second kappa shape index (κ2) is 9.68. The van der Waals surface area contributed by atoms with Crippen LogP contribution in [-0.2, 0) is 14.8 Å². The molecule has 0 fully saturated rings. The highest BCUT2D eigenvalue weighted by Crippen LogP contribution is 2.14. The van der Waals surface area contributed by atoms with E-state index in [9.17, 15) is 8.42 Å². The van der Waals surface area contributed by atoms with Crippen LogP contribution in [0, 0.1) is 0 Å². The summed E-state index contributed by atoms with van der Waals surface area (Å²) in [6.07, 6.45) is 0. The lowest BCUT2D eigenvalue weighted by atomic mass is 10.4. The van der Waals surface area contributed by atoms with E-state index in [-0.39, 0.29) is 17.3 Å². The number of hydrogen-bond donors (Lipinski definition) is 2. The fraction of sp³-hybridized carbons (Fsp3) is 0.455. The van der Waals surface area contributed by atoms with E-state index in [2.05, 4.69) is 26.0 Å². The molecule has 0 saturated heterocycles. The Hall–Kier alpha value is -0.180. The summed E-state index contributed by atoms with van der Waals surface area (Å²) >= 11 is 3.26. The minimum Gasteiger partial charge on any atom is -0.383 e. The molecule has 0 aliphatic heterocycles. The molecule has 0 radical (unpaired) electrons. The fourth-order valence-corrected chi connectivity index (χ4v) is 2.57. The lowest BCUT2D eigenvalue weighted by Crippen LogP contribution is -2.33. The predicted octanol–water partition coefficient (Wildman–Crippen LogP) is 1.39. The number of ether oxygens (including phenoxy) is 1. The van der Waals surface area contributed by atoms with Crippen LogP contribution in [-0.4, -0.2) is 41.8 Å². The molecule has 19 heavy (non-hydrogen) atoms. The van der Waals surface area contributed by atoms with Gasteiger partial charge in [0.15, 0.2) is 0 Å². The smallest absolute Gasteiger partial charge is 0.240 e. The van der Waals surface area contributed by atoms with Crippen molar-refractivity contribution in [2.45, 2.75) is 4.90 Å². The first-order valence-electron chi connectivity index (χ1n) is 5.51. The first-order valence-corrected chi connectivity index (χ1v) is 7.79. The third-order valence-corrected chi connectivity index (χ3v) is 4.21. The zero-order valence-electron chi connectivity index (χ0n) is 10.6. The third kappa shape index (κ3) is 7.24. The molecule has 0 atom stereocenters. The van der Waals surface area contributed by atoms with Crippen molar-refractivity contribution >= 4 is 38.4 Å². The molecule has 0 unspecified atom stereocenters. The van der Waals surface area contributed by atoms with E-state index in [1.165, 1.54) is 0 Å². The Bertz CT molecular complexity index is 454. The second-order valence-corrected chi connectivity index (χ2v) is 6.28. The molecule has 1 aromatic carbocycles. The van der Waals surface area contributed by atoms with Gasteiger partial charge in [-0.1, -0.05) is 15.9 Å². The molecule has 0 bridgehead atoms. The van der Waals surface area contributed by atoms with E-state index < -0.39 is 10.0 Å². The zero-order chi connectivity index (χ0) is 13.4. The Labute approximate surface area is 128 Å². The van der Waals surface area contributed by atoms with E-state index in [0.29, 0.717) is 26.2 Å². The van der Waals surface area contributed by atoms with E-state index in [1.54, 1.807) is 31.4 Å². The van der Waals surface area contributed by atoms with Crippen molar-refractivity contribution in [1.29, 1.82) is 0 Å². The molecule has 2 N–H and O–H groups in total. The number of nitrogens with one attached hydrogen (secondary N) is 2. The summed E-state index contributed by atoms with van der Waals surface area (Å²) in [6.45, 7) is 2.23. The lowest BCUT2D eigenvalue weighted by Gasteiger charge is -2.07. The van der Waals surface area contributed by atoms with E-state index >= 15 is 0 Å². The van der Waals surface area contributed by atoms with Gasteiger partial charge in [-0.15, -0.1) is 12.4 Å². The van der Waals surface area contributed by atoms with Crippen LogP contribution in [0.25, 0.3) is 0 Å². The Morgan fingerprint density at radius 2 is 1.79 bits per heavy atom. The van der Waals surface area contributed by atoms with Crippen molar-refractivity contribution in [3.8, 4) is 0 Å². The summed E-state index contributed by atoms with van der Waals surface area (Å²) in [5.74, 6) is 0. The van der Waals surface area contributed by atoms with Gasteiger partial charge in [0, 0.05) is 31.2 Å². The standard InChI is InChI=1S/C11H17BrN2O3S.ClH/c1-17-9-8-13-6-7-14-18(15,16)11-4-2-10(12)3-5-11;/h2-5,13-14H,6-9H2,1H3;1H. The molecule has 8 heteroatoms.